The van der Waals surface area contributed by atoms with E-state index in [1.165, 1.54) is 28.7 Å². The molecule has 4 aromatic rings. The van der Waals surface area contributed by atoms with Crippen LogP contribution < -0.4 is 15.6 Å². The molecular weight excluding hydrogens is 442 g/mol. The molecular formula is C24H23N3O3S2. The number of carbonyl (C=O) groups is 1. The summed E-state index contributed by atoms with van der Waals surface area (Å²) < 4.78 is 7.47. The lowest BCUT2D eigenvalue weighted by Crippen LogP contribution is -2.26. The summed E-state index contributed by atoms with van der Waals surface area (Å²) in [5.74, 6) is 0.829. The molecule has 8 heteroatoms. The van der Waals surface area contributed by atoms with E-state index in [-0.39, 0.29) is 17.2 Å². The van der Waals surface area contributed by atoms with Crippen LogP contribution in [0, 0.1) is 6.92 Å². The van der Waals surface area contributed by atoms with E-state index < -0.39 is 0 Å². The molecule has 2 aromatic carbocycles. The third kappa shape index (κ3) is 5.20. The predicted octanol–water partition coefficient (Wildman–Crippen LogP) is 4.23. The molecule has 4 rings (SSSR count). The van der Waals surface area contributed by atoms with E-state index in [0.29, 0.717) is 28.5 Å². The molecule has 1 amide bonds. The maximum Gasteiger partial charge on any atom is 0.272 e. The first kappa shape index (κ1) is 22.1. The standard InChI is InChI=1S/C24H23N3O3S2/c1-16-3-5-17(6-4-16)13-25-21(28)15-32-24-26-20-11-12-31-22(20)23(29)27(24)14-18-7-9-19(30-2)10-8-18/h3-12H,13-15H2,1-2H3,(H,25,28). The van der Waals surface area contributed by atoms with Crippen molar-refractivity contribution in [1.29, 1.82) is 0 Å². The van der Waals surface area contributed by atoms with Crippen molar-refractivity contribution in [1.82, 2.24) is 14.9 Å². The summed E-state index contributed by atoms with van der Waals surface area (Å²) in [7, 11) is 1.62. The zero-order valence-corrected chi connectivity index (χ0v) is 19.5. The van der Waals surface area contributed by atoms with Gasteiger partial charge in [-0.2, -0.15) is 0 Å². The van der Waals surface area contributed by atoms with Gasteiger partial charge in [0.1, 0.15) is 10.4 Å². The van der Waals surface area contributed by atoms with E-state index in [4.69, 9.17) is 4.74 Å². The monoisotopic (exact) mass is 465 g/mol. The number of hydrogen-bond donors (Lipinski definition) is 1. The topological polar surface area (TPSA) is 73.2 Å². The fourth-order valence-corrected chi connectivity index (χ4v) is 4.78. The van der Waals surface area contributed by atoms with Crippen LogP contribution in [0.2, 0.25) is 0 Å². The Morgan fingerprint density at radius 3 is 2.53 bits per heavy atom. The summed E-state index contributed by atoms with van der Waals surface area (Å²) >= 11 is 2.65. The second kappa shape index (κ2) is 10.0. The largest absolute Gasteiger partial charge is 0.497 e. The van der Waals surface area contributed by atoms with Crippen LogP contribution in [0.15, 0.2) is 69.9 Å². The number of hydrogen-bond acceptors (Lipinski definition) is 6. The van der Waals surface area contributed by atoms with Crippen LogP contribution in [0.5, 0.6) is 5.75 Å². The third-order valence-electron chi connectivity index (χ3n) is 4.97. The second-order valence-corrected chi connectivity index (χ2v) is 9.18. The second-order valence-electron chi connectivity index (χ2n) is 7.32. The number of benzene rings is 2. The lowest BCUT2D eigenvalue weighted by atomic mass is 10.1. The van der Waals surface area contributed by atoms with Gasteiger partial charge in [-0.15, -0.1) is 11.3 Å². The number of aryl methyl sites for hydroxylation is 1. The number of amides is 1. The average molecular weight is 466 g/mol. The number of aromatic nitrogens is 2. The zero-order chi connectivity index (χ0) is 22.5. The Kier molecular flexibility index (Phi) is 6.92. The summed E-state index contributed by atoms with van der Waals surface area (Å²) in [6.45, 7) is 2.87. The molecule has 0 saturated carbocycles. The number of nitrogens with zero attached hydrogens (tertiary/aromatic N) is 2. The number of rotatable bonds is 8. The quantitative estimate of drug-likeness (QED) is 0.311. The molecule has 2 heterocycles. The van der Waals surface area contributed by atoms with E-state index in [0.717, 1.165) is 16.9 Å². The number of fused-ring (bicyclic) bond motifs is 1. The Labute approximate surface area is 194 Å². The molecule has 0 fully saturated rings. The van der Waals surface area contributed by atoms with E-state index in [2.05, 4.69) is 10.3 Å². The molecule has 0 unspecified atom stereocenters. The van der Waals surface area contributed by atoms with Gasteiger partial charge in [0.15, 0.2) is 5.16 Å². The van der Waals surface area contributed by atoms with Crippen LogP contribution in [0.3, 0.4) is 0 Å². The Morgan fingerprint density at radius 2 is 1.81 bits per heavy atom. The van der Waals surface area contributed by atoms with Gasteiger partial charge in [0.25, 0.3) is 5.56 Å². The highest BCUT2D eigenvalue weighted by molar-refractivity contribution is 7.99. The van der Waals surface area contributed by atoms with Gasteiger partial charge in [0, 0.05) is 6.54 Å². The highest BCUT2D eigenvalue weighted by Crippen LogP contribution is 2.22. The zero-order valence-electron chi connectivity index (χ0n) is 17.8. The van der Waals surface area contributed by atoms with Crippen molar-refractivity contribution >= 4 is 39.2 Å². The lowest BCUT2D eigenvalue weighted by molar-refractivity contribution is -0.118. The minimum absolute atomic E-state index is 0.0941. The average Bonchev–Trinajstić information content (AvgIpc) is 3.29. The van der Waals surface area contributed by atoms with Gasteiger partial charge < -0.3 is 10.1 Å². The summed E-state index contributed by atoms with van der Waals surface area (Å²) in [5, 5.41) is 5.32. The summed E-state index contributed by atoms with van der Waals surface area (Å²) in [4.78, 5) is 30.2. The number of thiophene rings is 1. The number of ether oxygens (including phenoxy) is 1. The van der Waals surface area contributed by atoms with Crippen molar-refractivity contribution in [3.63, 3.8) is 0 Å². The number of nitrogens with one attached hydrogen (secondary N) is 1. The third-order valence-corrected chi connectivity index (χ3v) is 6.84. The summed E-state index contributed by atoms with van der Waals surface area (Å²) in [6, 6.07) is 17.5. The fraction of sp³-hybridized carbons (Fsp3) is 0.208. The first-order valence-electron chi connectivity index (χ1n) is 10.1. The Bertz CT molecular complexity index is 1280. The van der Waals surface area contributed by atoms with Crippen LogP contribution in [-0.2, 0) is 17.9 Å². The molecule has 32 heavy (non-hydrogen) atoms. The molecule has 0 bridgehead atoms. The van der Waals surface area contributed by atoms with Crippen molar-refractivity contribution in [2.75, 3.05) is 12.9 Å². The summed E-state index contributed by atoms with van der Waals surface area (Å²) in [5.41, 5.74) is 3.75. The van der Waals surface area contributed by atoms with Crippen molar-refractivity contribution in [2.45, 2.75) is 25.2 Å². The number of thioether (sulfide) groups is 1. The van der Waals surface area contributed by atoms with Crippen LogP contribution in [0.25, 0.3) is 10.2 Å². The van der Waals surface area contributed by atoms with Crippen molar-refractivity contribution in [2.24, 2.45) is 0 Å². The molecule has 0 aliphatic carbocycles. The smallest absolute Gasteiger partial charge is 0.272 e. The van der Waals surface area contributed by atoms with E-state index in [1.807, 2.05) is 66.9 Å². The molecule has 0 radical (unpaired) electrons. The SMILES string of the molecule is COc1ccc(Cn2c(SCC(=O)NCc3ccc(C)cc3)nc3ccsc3c2=O)cc1. The first-order chi connectivity index (χ1) is 15.5. The molecule has 6 nitrogen and oxygen atoms in total. The molecule has 0 saturated heterocycles. The Hall–Kier alpha value is -3.10. The molecule has 1 N–H and O–H groups in total. The molecule has 0 aliphatic rings. The van der Waals surface area contributed by atoms with Gasteiger partial charge in [-0.25, -0.2) is 4.98 Å². The Balaban J connectivity index is 1.50. The Morgan fingerprint density at radius 1 is 1.09 bits per heavy atom. The lowest BCUT2D eigenvalue weighted by Gasteiger charge is -2.12. The van der Waals surface area contributed by atoms with Gasteiger partial charge in [-0.3, -0.25) is 14.2 Å². The van der Waals surface area contributed by atoms with Crippen LogP contribution in [0.4, 0.5) is 0 Å². The maximum atomic E-state index is 13.1. The fourth-order valence-electron chi connectivity index (χ4n) is 3.17. The van der Waals surface area contributed by atoms with Crippen molar-refractivity contribution in [3.05, 3.63) is 87.0 Å². The van der Waals surface area contributed by atoms with E-state index in [1.54, 1.807) is 11.7 Å². The summed E-state index contributed by atoms with van der Waals surface area (Å²) in [6.07, 6.45) is 0. The minimum atomic E-state index is -0.105. The van der Waals surface area contributed by atoms with E-state index in [9.17, 15) is 9.59 Å². The predicted molar refractivity (Wildman–Crippen MR) is 130 cm³/mol. The van der Waals surface area contributed by atoms with Crippen LogP contribution >= 0.6 is 23.1 Å². The highest BCUT2D eigenvalue weighted by Gasteiger charge is 2.15. The molecule has 2 aromatic heterocycles. The molecule has 164 valence electrons. The van der Waals surface area contributed by atoms with E-state index >= 15 is 0 Å². The normalized spacial score (nSPS) is 10.9. The molecule has 0 aliphatic heterocycles. The molecule has 0 atom stereocenters. The van der Waals surface area contributed by atoms with Gasteiger partial charge in [0.2, 0.25) is 5.91 Å². The van der Waals surface area contributed by atoms with Gasteiger partial charge in [-0.05, 0) is 41.6 Å². The molecule has 0 spiro atoms. The maximum absolute atomic E-state index is 13.1. The number of methoxy groups -OCH3 is 1. The van der Waals surface area contributed by atoms with Crippen LogP contribution in [0.1, 0.15) is 16.7 Å². The van der Waals surface area contributed by atoms with Crippen molar-refractivity contribution in [3.8, 4) is 5.75 Å². The highest BCUT2D eigenvalue weighted by atomic mass is 32.2. The number of carbonyl (C=O) groups excluding carboxylic acids is 1. The van der Waals surface area contributed by atoms with Gasteiger partial charge >= 0.3 is 0 Å². The minimum Gasteiger partial charge on any atom is -0.497 e. The van der Waals surface area contributed by atoms with Crippen LogP contribution in [-0.4, -0.2) is 28.3 Å². The first-order valence-corrected chi connectivity index (χ1v) is 12.0. The van der Waals surface area contributed by atoms with Gasteiger partial charge in [-0.1, -0.05) is 53.7 Å². The van der Waals surface area contributed by atoms with Crippen molar-refractivity contribution < 1.29 is 9.53 Å². The van der Waals surface area contributed by atoms with Gasteiger partial charge in [0.05, 0.1) is 24.9 Å².